The minimum atomic E-state index is -0.689. The zero-order valence-electron chi connectivity index (χ0n) is 17.7. The maximum atomic E-state index is 13.5. The molecule has 2 aliphatic rings. The standard InChI is InChI=1S/C24H24Cl2N2O3/c1-22(2)23(3)11-12-24(22,21(30)27-18-13-16(25)9-10-17(18)26)14-19(23)28-31-20(29)15-7-5-4-6-8-15/h4-10,13H,11-12,14H2,1-3H3,(H,27,30)/b28-19+. The Balaban J connectivity index is 1.61. The van der Waals surface area contributed by atoms with Gasteiger partial charge in [-0.1, -0.05) is 67.3 Å². The van der Waals surface area contributed by atoms with Crippen molar-refractivity contribution in [3.63, 3.8) is 0 Å². The van der Waals surface area contributed by atoms with Crippen LogP contribution in [0.2, 0.25) is 10.0 Å². The summed E-state index contributed by atoms with van der Waals surface area (Å²) >= 11 is 12.3. The van der Waals surface area contributed by atoms with Crippen molar-refractivity contribution >= 4 is 46.5 Å². The Morgan fingerprint density at radius 2 is 1.74 bits per heavy atom. The Labute approximate surface area is 191 Å². The van der Waals surface area contributed by atoms with Gasteiger partial charge in [0.15, 0.2) is 0 Å². The van der Waals surface area contributed by atoms with Crippen LogP contribution in [0.4, 0.5) is 5.69 Å². The van der Waals surface area contributed by atoms with Crippen molar-refractivity contribution in [1.82, 2.24) is 0 Å². The molecule has 2 aromatic carbocycles. The minimum Gasteiger partial charge on any atom is -0.324 e. The van der Waals surface area contributed by atoms with Gasteiger partial charge in [0.2, 0.25) is 5.91 Å². The molecule has 1 amide bonds. The number of carbonyl (C=O) groups is 2. The number of halogens is 2. The van der Waals surface area contributed by atoms with Gasteiger partial charge in [0, 0.05) is 16.9 Å². The summed E-state index contributed by atoms with van der Waals surface area (Å²) in [5, 5.41) is 8.15. The van der Waals surface area contributed by atoms with Crippen LogP contribution in [0.5, 0.6) is 0 Å². The summed E-state index contributed by atoms with van der Waals surface area (Å²) in [6.45, 7) is 6.26. The molecule has 2 fully saturated rings. The Morgan fingerprint density at radius 3 is 2.45 bits per heavy atom. The SMILES string of the molecule is CC12CCC(C(=O)Nc3cc(Cl)ccc3Cl)(C/C1=N\OC(=O)c1ccccc1)C2(C)C. The summed E-state index contributed by atoms with van der Waals surface area (Å²) in [5.41, 5.74) is 0.208. The van der Waals surface area contributed by atoms with Crippen LogP contribution >= 0.6 is 23.2 Å². The van der Waals surface area contributed by atoms with Crippen molar-refractivity contribution in [2.45, 2.75) is 40.0 Å². The summed E-state index contributed by atoms with van der Waals surface area (Å²) in [6.07, 6.45) is 1.91. The molecule has 0 radical (unpaired) electrons. The van der Waals surface area contributed by atoms with E-state index in [-0.39, 0.29) is 11.3 Å². The second-order valence-electron chi connectivity index (χ2n) is 9.08. The van der Waals surface area contributed by atoms with Gasteiger partial charge in [-0.25, -0.2) is 4.79 Å². The molecule has 2 aliphatic carbocycles. The van der Waals surface area contributed by atoms with Crippen LogP contribution in [-0.2, 0) is 9.63 Å². The van der Waals surface area contributed by atoms with Crippen molar-refractivity contribution in [2.24, 2.45) is 21.4 Å². The van der Waals surface area contributed by atoms with Crippen LogP contribution in [0.3, 0.4) is 0 Å². The topological polar surface area (TPSA) is 67.8 Å². The number of rotatable bonds is 4. The van der Waals surface area contributed by atoms with Crippen LogP contribution in [0, 0.1) is 16.2 Å². The molecule has 0 saturated heterocycles. The fraction of sp³-hybridized carbons (Fsp3) is 0.375. The molecule has 0 spiro atoms. The molecule has 1 N–H and O–H groups in total. The molecular formula is C24H24Cl2N2O3. The summed E-state index contributed by atoms with van der Waals surface area (Å²) < 4.78 is 0. The molecule has 2 bridgehead atoms. The molecule has 7 heteroatoms. The lowest BCUT2D eigenvalue weighted by atomic mass is 9.64. The van der Waals surface area contributed by atoms with E-state index in [0.29, 0.717) is 34.1 Å². The molecule has 2 unspecified atom stereocenters. The first-order chi connectivity index (χ1) is 14.6. The average Bonchev–Trinajstić information content (AvgIpc) is 3.06. The zero-order chi connectivity index (χ0) is 22.4. The number of amides is 1. The van der Waals surface area contributed by atoms with Gasteiger partial charge >= 0.3 is 5.97 Å². The molecule has 31 heavy (non-hydrogen) atoms. The highest BCUT2D eigenvalue weighted by Crippen LogP contribution is 2.71. The van der Waals surface area contributed by atoms with Gasteiger partial charge in [-0.05, 0) is 48.6 Å². The van der Waals surface area contributed by atoms with E-state index in [1.807, 2.05) is 6.07 Å². The van der Waals surface area contributed by atoms with Crippen LogP contribution in [0.15, 0.2) is 53.7 Å². The minimum absolute atomic E-state index is 0.120. The molecule has 0 heterocycles. The Morgan fingerprint density at radius 1 is 1.03 bits per heavy atom. The number of carbonyl (C=O) groups excluding carboxylic acids is 2. The first kappa shape index (κ1) is 21.8. The van der Waals surface area contributed by atoms with Crippen LogP contribution in [0.1, 0.15) is 50.4 Å². The van der Waals surface area contributed by atoms with E-state index in [9.17, 15) is 9.59 Å². The highest BCUT2D eigenvalue weighted by atomic mass is 35.5. The molecule has 0 aromatic heterocycles. The predicted octanol–water partition coefficient (Wildman–Crippen LogP) is 6.36. The number of anilines is 1. The Kier molecular flexibility index (Phi) is 5.39. The Bertz CT molecular complexity index is 1080. The van der Waals surface area contributed by atoms with Gasteiger partial charge in [0.05, 0.1) is 27.4 Å². The van der Waals surface area contributed by atoms with Crippen LogP contribution in [-0.4, -0.2) is 17.6 Å². The van der Waals surface area contributed by atoms with Gasteiger partial charge < -0.3 is 10.2 Å². The summed E-state index contributed by atoms with van der Waals surface area (Å²) in [7, 11) is 0. The monoisotopic (exact) mass is 458 g/mol. The zero-order valence-corrected chi connectivity index (χ0v) is 19.2. The summed E-state index contributed by atoms with van der Waals surface area (Å²) in [5.74, 6) is -0.633. The van der Waals surface area contributed by atoms with E-state index in [4.69, 9.17) is 28.0 Å². The number of hydrogen-bond acceptors (Lipinski definition) is 4. The second kappa shape index (κ2) is 7.64. The average molecular weight is 459 g/mol. The lowest BCUT2D eigenvalue weighted by Crippen LogP contribution is -2.43. The molecular weight excluding hydrogens is 435 g/mol. The third kappa shape index (κ3) is 3.35. The summed E-state index contributed by atoms with van der Waals surface area (Å²) in [4.78, 5) is 31.2. The van der Waals surface area contributed by atoms with Gasteiger partial charge in [0.25, 0.3) is 0 Å². The third-order valence-electron chi connectivity index (χ3n) is 7.59. The number of fused-ring (bicyclic) bond motifs is 2. The molecule has 5 nitrogen and oxygen atoms in total. The van der Waals surface area contributed by atoms with Gasteiger partial charge in [-0.15, -0.1) is 0 Å². The van der Waals surface area contributed by atoms with Gasteiger partial charge in [-0.3, -0.25) is 4.79 Å². The van der Waals surface area contributed by atoms with E-state index >= 15 is 0 Å². The number of nitrogens with one attached hydrogen (secondary N) is 1. The third-order valence-corrected chi connectivity index (χ3v) is 8.16. The van der Waals surface area contributed by atoms with Crippen LogP contribution in [0.25, 0.3) is 0 Å². The quantitative estimate of drug-likeness (QED) is 0.427. The van der Waals surface area contributed by atoms with Gasteiger partial charge in [0.1, 0.15) is 0 Å². The lowest BCUT2D eigenvalue weighted by molar-refractivity contribution is -0.130. The van der Waals surface area contributed by atoms with Crippen LogP contribution < -0.4 is 5.32 Å². The maximum absolute atomic E-state index is 13.5. The number of benzene rings is 2. The smallest absolute Gasteiger partial charge is 0.324 e. The number of oxime groups is 1. The first-order valence-corrected chi connectivity index (χ1v) is 11.0. The largest absolute Gasteiger partial charge is 0.365 e. The maximum Gasteiger partial charge on any atom is 0.365 e. The van der Waals surface area contributed by atoms with E-state index < -0.39 is 16.8 Å². The Hall–Kier alpha value is -2.37. The van der Waals surface area contributed by atoms with Crippen molar-refractivity contribution in [1.29, 1.82) is 0 Å². The van der Waals surface area contributed by atoms with E-state index in [1.165, 1.54) is 0 Å². The van der Waals surface area contributed by atoms with Crippen molar-refractivity contribution in [3.05, 3.63) is 64.1 Å². The normalized spacial score (nSPS) is 27.3. The molecule has 0 aliphatic heterocycles. The highest BCUT2D eigenvalue weighted by molar-refractivity contribution is 6.35. The van der Waals surface area contributed by atoms with E-state index in [1.54, 1.807) is 42.5 Å². The van der Waals surface area contributed by atoms with E-state index in [2.05, 4.69) is 31.2 Å². The second-order valence-corrected chi connectivity index (χ2v) is 9.92. The molecule has 4 rings (SSSR count). The lowest BCUT2D eigenvalue weighted by Gasteiger charge is -2.39. The number of hydrogen-bond donors (Lipinski definition) is 1. The fourth-order valence-corrected chi connectivity index (χ4v) is 5.42. The predicted molar refractivity (Wildman–Crippen MR) is 123 cm³/mol. The van der Waals surface area contributed by atoms with Crippen molar-refractivity contribution < 1.29 is 14.4 Å². The fourth-order valence-electron chi connectivity index (χ4n) is 5.08. The first-order valence-electron chi connectivity index (χ1n) is 10.2. The molecule has 2 atom stereocenters. The summed E-state index contributed by atoms with van der Waals surface area (Å²) in [6, 6.07) is 13.7. The molecule has 2 aromatic rings. The van der Waals surface area contributed by atoms with Crippen molar-refractivity contribution in [2.75, 3.05) is 5.32 Å². The molecule has 162 valence electrons. The van der Waals surface area contributed by atoms with E-state index in [0.717, 1.165) is 12.1 Å². The van der Waals surface area contributed by atoms with Crippen molar-refractivity contribution in [3.8, 4) is 0 Å². The van der Waals surface area contributed by atoms with Gasteiger partial charge in [-0.2, -0.15) is 0 Å². The number of nitrogens with zero attached hydrogens (tertiary/aromatic N) is 1. The highest BCUT2D eigenvalue weighted by Gasteiger charge is 2.71. The molecule has 2 saturated carbocycles.